The maximum Gasteiger partial charge on any atom is 0.253 e. The van der Waals surface area contributed by atoms with Gasteiger partial charge in [0.25, 0.3) is 5.91 Å². The number of likely N-dealkylation sites (tertiary alicyclic amines) is 1. The zero-order valence-corrected chi connectivity index (χ0v) is 15.9. The van der Waals surface area contributed by atoms with Crippen LogP contribution in [0.25, 0.3) is 0 Å². The van der Waals surface area contributed by atoms with Crippen molar-refractivity contribution in [1.29, 1.82) is 0 Å². The van der Waals surface area contributed by atoms with E-state index in [-0.39, 0.29) is 29.3 Å². The Kier molecular flexibility index (Phi) is 6.81. The van der Waals surface area contributed by atoms with E-state index in [9.17, 15) is 13.2 Å². The molecule has 0 bridgehead atoms. The van der Waals surface area contributed by atoms with Crippen molar-refractivity contribution in [2.24, 2.45) is 5.73 Å². The van der Waals surface area contributed by atoms with E-state index in [1.807, 2.05) is 0 Å². The highest BCUT2D eigenvalue weighted by Gasteiger charge is 2.24. The van der Waals surface area contributed by atoms with Gasteiger partial charge in [-0.2, -0.15) is 0 Å². The monoisotopic (exact) mass is 375 g/mol. The molecule has 1 aromatic rings. The summed E-state index contributed by atoms with van der Waals surface area (Å²) in [6.07, 6.45) is 1.60. The van der Waals surface area contributed by atoms with Gasteiger partial charge in [-0.25, -0.2) is 13.1 Å². The molecule has 24 heavy (non-hydrogen) atoms. The van der Waals surface area contributed by atoms with Gasteiger partial charge in [0.2, 0.25) is 10.0 Å². The van der Waals surface area contributed by atoms with Crippen LogP contribution in [0, 0.1) is 0 Å². The zero-order valence-electron chi connectivity index (χ0n) is 14.3. The van der Waals surface area contributed by atoms with Crippen LogP contribution >= 0.6 is 12.4 Å². The molecule has 0 radical (unpaired) electrons. The summed E-state index contributed by atoms with van der Waals surface area (Å²) in [5.41, 5.74) is 5.78. The van der Waals surface area contributed by atoms with Crippen LogP contribution < -0.4 is 10.5 Å². The standard InChI is InChI=1S/C16H25N3O3S.ClH/c1-16(2,3)18-23(21,22)14-6-4-12(5-7-14)15(20)19-10-8-13(17)9-11-19;/h4-7,13,18H,8-11,17H2,1-3H3;1H. The van der Waals surface area contributed by atoms with Crippen molar-refractivity contribution in [1.82, 2.24) is 9.62 Å². The van der Waals surface area contributed by atoms with Gasteiger partial charge < -0.3 is 10.6 Å². The van der Waals surface area contributed by atoms with Crippen LogP contribution in [0.5, 0.6) is 0 Å². The van der Waals surface area contributed by atoms with Gasteiger partial charge in [-0.3, -0.25) is 4.79 Å². The Labute approximate surface area is 150 Å². The van der Waals surface area contributed by atoms with Crippen LogP contribution in [0.2, 0.25) is 0 Å². The first-order valence-electron chi connectivity index (χ1n) is 7.77. The summed E-state index contributed by atoms with van der Waals surface area (Å²) in [4.78, 5) is 14.3. The number of sulfonamides is 1. The first-order valence-corrected chi connectivity index (χ1v) is 9.26. The highest BCUT2D eigenvalue weighted by Crippen LogP contribution is 2.17. The lowest BCUT2D eigenvalue weighted by atomic mass is 10.1. The number of amides is 1. The lowest BCUT2D eigenvalue weighted by Gasteiger charge is -2.30. The number of carbonyl (C=O) groups excluding carboxylic acids is 1. The lowest BCUT2D eigenvalue weighted by molar-refractivity contribution is 0.0714. The van der Waals surface area contributed by atoms with Crippen molar-refractivity contribution in [2.75, 3.05) is 13.1 Å². The number of benzene rings is 1. The fraction of sp³-hybridized carbons (Fsp3) is 0.562. The SMILES string of the molecule is CC(C)(C)NS(=O)(=O)c1ccc(C(=O)N2CCC(N)CC2)cc1.Cl. The van der Waals surface area contributed by atoms with Gasteiger partial charge in [-0.05, 0) is 57.9 Å². The second-order valence-corrected chi connectivity index (χ2v) is 8.69. The molecule has 1 aliphatic heterocycles. The molecule has 3 N–H and O–H groups in total. The van der Waals surface area contributed by atoms with Crippen LogP contribution in [-0.2, 0) is 10.0 Å². The molecule has 0 aromatic heterocycles. The molecule has 0 aliphatic carbocycles. The van der Waals surface area contributed by atoms with Crippen LogP contribution in [-0.4, -0.2) is 43.9 Å². The topological polar surface area (TPSA) is 92.5 Å². The van der Waals surface area contributed by atoms with E-state index in [1.54, 1.807) is 37.8 Å². The summed E-state index contributed by atoms with van der Waals surface area (Å²) in [5, 5.41) is 0. The number of halogens is 1. The molecule has 1 aliphatic rings. The first kappa shape index (κ1) is 20.9. The van der Waals surface area contributed by atoms with Crippen LogP contribution in [0.4, 0.5) is 0 Å². The predicted molar refractivity (Wildman–Crippen MR) is 96.9 cm³/mol. The largest absolute Gasteiger partial charge is 0.339 e. The third-order valence-electron chi connectivity index (χ3n) is 3.68. The third kappa shape index (κ3) is 5.44. The van der Waals surface area contributed by atoms with E-state index in [1.165, 1.54) is 12.1 Å². The molecule has 1 amide bonds. The molecule has 0 atom stereocenters. The molecule has 1 fully saturated rings. The minimum atomic E-state index is -3.58. The van der Waals surface area contributed by atoms with E-state index in [2.05, 4.69) is 4.72 Å². The van der Waals surface area contributed by atoms with E-state index in [4.69, 9.17) is 5.73 Å². The number of rotatable bonds is 3. The maximum absolute atomic E-state index is 12.4. The van der Waals surface area contributed by atoms with Crippen molar-refractivity contribution < 1.29 is 13.2 Å². The Hall–Kier alpha value is -1.15. The normalized spacial score (nSPS) is 16.6. The first-order chi connectivity index (χ1) is 10.6. The summed E-state index contributed by atoms with van der Waals surface area (Å²) in [5.74, 6) is -0.0790. The molecule has 1 saturated heterocycles. The third-order valence-corrected chi connectivity index (χ3v) is 5.45. The molecule has 0 unspecified atom stereocenters. The van der Waals surface area contributed by atoms with Crippen molar-refractivity contribution in [3.05, 3.63) is 29.8 Å². The molecule has 0 spiro atoms. The smallest absolute Gasteiger partial charge is 0.253 e. The lowest BCUT2D eigenvalue weighted by Crippen LogP contribution is -2.42. The second-order valence-electron chi connectivity index (χ2n) is 7.01. The summed E-state index contributed by atoms with van der Waals surface area (Å²) in [6.45, 7) is 6.63. The van der Waals surface area contributed by atoms with Crippen molar-refractivity contribution in [2.45, 2.75) is 50.1 Å². The maximum atomic E-state index is 12.4. The molecule has 2 rings (SSSR count). The number of nitrogens with zero attached hydrogens (tertiary/aromatic N) is 1. The van der Waals surface area contributed by atoms with Crippen molar-refractivity contribution >= 4 is 28.3 Å². The number of hydrogen-bond donors (Lipinski definition) is 2. The quantitative estimate of drug-likeness (QED) is 0.841. The molecule has 6 nitrogen and oxygen atoms in total. The highest BCUT2D eigenvalue weighted by atomic mass is 35.5. The Bertz CT molecular complexity index is 661. The fourth-order valence-corrected chi connectivity index (χ4v) is 3.94. The van der Waals surface area contributed by atoms with E-state index >= 15 is 0 Å². The highest BCUT2D eigenvalue weighted by molar-refractivity contribution is 7.89. The van der Waals surface area contributed by atoms with Gasteiger partial charge in [0.1, 0.15) is 0 Å². The summed E-state index contributed by atoms with van der Waals surface area (Å²) in [7, 11) is -3.58. The molecular formula is C16H26ClN3O3S. The number of nitrogens with one attached hydrogen (secondary N) is 1. The zero-order chi connectivity index (χ0) is 17.3. The summed E-state index contributed by atoms with van der Waals surface area (Å²) < 4.78 is 27.1. The van der Waals surface area contributed by atoms with E-state index in [0.29, 0.717) is 18.7 Å². The van der Waals surface area contributed by atoms with Gasteiger partial charge >= 0.3 is 0 Å². The van der Waals surface area contributed by atoms with Gasteiger partial charge in [0.05, 0.1) is 4.90 Å². The Balaban J connectivity index is 0.00000288. The van der Waals surface area contributed by atoms with Gasteiger partial charge in [-0.1, -0.05) is 0 Å². The van der Waals surface area contributed by atoms with Crippen molar-refractivity contribution in [3.8, 4) is 0 Å². The number of hydrogen-bond acceptors (Lipinski definition) is 4. The molecular weight excluding hydrogens is 350 g/mol. The van der Waals surface area contributed by atoms with Crippen LogP contribution in [0.3, 0.4) is 0 Å². The van der Waals surface area contributed by atoms with Gasteiger partial charge in [0, 0.05) is 30.2 Å². The summed E-state index contributed by atoms with van der Waals surface area (Å²) in [6, 6.07) is 6.23. The molecule has 1 aromatic carbocycles. The minimum Gasteiger partial charge on any atom is -0.339 e. The molecule has 136 valence electrons. The number of piperidine rings is 1. The second kappa shape index (κ2) is 7.82. The predicted octanol–water partition coefficient (Wildman–Crippen LogP) is 1.75. The van der Waals surface area contributed by atoms with E-state index < -0.39 is 15.6 Å². The molecule has 0 saturated carbocycles. The van der Waals surface area contributed by atoms with Crippen molar-refractivity contribution in [3.63, 3.8) is 0 Å². The summed E-state index contributed by atoms with van der Waals surface area (Å²) >= 11 is 0. The average Bonchev–Trinajstić information content (AvgIpc) is 2.45. The number of carbonyl (C=O) groups is 1. The Morgan fingerprint density at radius 1 is 1.17 bits per heavy atom. The van der Waals surface area contributed by atoms with Gasteiger partial charge in [-0.15, -0.1) is 12.4 Å². The van der Waals surface area contributed by atoms with Crippen LogP contribution in [0.15, 0.2) is 29.2 Å². The van der Waals surface area contributed by atoms with E-state index in [0.717, 1.165) is 12.8 Å². The Morgan fingerprint density at radius 3 is 2.12 bits per heavy atom. The fourth-order valence-electron chi connectivity index (χ4n) is 2.52. The average molecular weight is 376 g/mol. The van der Waals surface area contributed by atoms with Gasteiger partial charge in [0.15, 0.2) is 0 Å². The Morgan fingerprint density at radius 2 is 1.67 bits per heavy atom. The van der Waals surface area contributed by atoms with Crippen LogP contribution in [0.1, 0.15) is 44.0 Å². The minimum absolute atomic E-state index is 0. The molecule has 8 heteroatoms. The number of nitrogens with two attached hydrogens (primary N) is 1. The molecule has 1 heterocycles.